The first-order chi connectivity index (χ1) is 20.4. The SMILES string of the molecule is C=CC(=O)Nc1cc(N2CCN(S(C)(=O)=O)CC2)cc(F)c1Nc1c[nH]c2ccc(O[C@H](C)c3c(Cl)cncc3Cl)cc12. The number of pyridine rings is 1. The molecule has 0 spiro atoms. The van der Waals surface area contributed by atoms with Crippen molar-refractivity contribution in [3.8, 4) is 5.75 Å². The van der Waals surface area contributed by atoms with Gasteiger partial charge in [0, 0.05) is 66.9 Å². The van der Waals surface area contributed by atoms with Crippen LogP contribution >= 0.6 is 23.2 Å². The summed E-state index contributed by atoms with van der Waals surface area (Å²) < 4.78 is 47.1. The first-order valence-electron chi connectivity index (χ1n) is 13.3. The standard InChI is InChI=1S/C29H29Cl2FN6O4S/c1-4-27(39)35-25-12-18(37-7-9-38(10-8-37)43(3,40)41)11-23(32)29(25)36-26-16-34-24-6-5-19(13-20(24)26)42-17(2)28-21(30)14-33-15-22(28)31/h4-6,11-17,34,36H,1,7-10H2,2-3H3,(H,35,39)/t17-/m1/s1. The molecular formula is C29H29Cl2FN6O4S. The second kappa shape index (κ2) is 12.4. The molecule has 0 bridgehead atoms. The van der Waals surface area contributed by atoms with Crippen LogP contribution in [0.5, 0.6) is 5.75 Å². The highest BCUT2D eigenvalue weighted by Gasteiger charge is 2.25. The molecule has 4 aromatic rings. The number of carbonyl (C=O) groups is 1. The topological polar surface area (TPSA) is 120 Å². The molecule has 226 valence electrons. The van der Waals surface area contributed by atoms with Crippen LogP contribution in [0.1, 0.15) is 18.6 Å². The van der Waals surface area contributed by atoms with Gasteiger partial charge in [-0.3, -0.25) is 9.78 Å². The van der Waals surface area contributed by atoms with Gasteiger partial charge >= 0.3 is 0 Å². The fourth-order valence-corrected chi connectivity index (χ4v) is 6.44. The summed E-state index contributed by atoms with van der Waals surface area (Å²) in [5, 5.41) is 7.27. The fraction of sp³-hybridized carbons (Fsp3) is 0.241. The maximum absolute atomic E-state index is 15.8. The molecule has 2 aromatic carbocycles. The largest absolute Gasteiger partial charge is 0.486 e. The Kier molecular flexibility index (Phi) is 8.84. The fourth-order valence-electron chi connectivity index (χ4n) is 4.95. The number of piperazine rings is 1. The lowest BCUT2D eigenvalue weighted by Crippen LogP contribution is -2.48. The molecule has 3 N–H and O–H groups in total. The van der Waals surface area contributed by atoms with Crippen molar-refractivity contribution in [3.05, 3.63) is 83.0 Å². The summed E-state index contributed by atoms with van der Waals surface area (Å²) >= 11 is 12.6. The molecular weight excluding hydrogens is 618 g/mol. The number of hydrogen-bond donors (Lipinski definition) is 3. The number of anilines is 4. The number of sulfonamides is 1. The van der Waals surface area contributed by atoms with Crippen molar-refractivity contribution < 1.29 is 22.3 Å². The summed E-state index contributed by atoms with van der Waals surface area (Å²) in [6, 6.07) is 8.42. The molecule has 1 aliphatic heterocycles. The number of aromatic nitrogens is 2. The van der Waals surface area contributed by atoms with Crippen molar-refractivity contribution in [2.45, 2.75) is 13.0 Å². The number of aromatic amines is 1. The number of nitrogens with one attached hydrogen (secondary N) is 3. The minimum Gasteiger partial charge on any atom is -0.486 e. The smallest absolute Gasteiger partial charge is 0.247 e. The van der Waals surface area contributed by atoms with Crippen LogP contribution in [0.25, 0.3) is 10.9 Å². The number of fused-ring (bicyclic) bond motifs is 1. The van der Waals surface area contributed by atoms with Crippen molar-refractivity contribution in [3.63, 3.8) is 0 Å². The Balaban J connectivity index is 1.44. The monoisotopic (exact) mass is 646 g/mol. The highest BCUT2D eigenvalue weighted by Crippen LogP contribution is 2.38. The van der Waals surface area contributed by atoms with E-state index in [0.717, 1.165) is 17.8 Å². The summed E-state index contributed by atoms with van der Waals surface area (Å²) in [6.07, 6.45) is 6.46. The van der Waals surface area contributed by atoms with E-state index in [2.05, 4.69) is 27.2 Å². The van der Waals surface area contributed by atoms with E-state index in [-0.39, 0.29) is 24.5 Å². The zero-order valence-electron chi connectivity index (χ0n) is 23.3. The normalized spacial score (nSPS) is 14.9. The lowest BCUT2D eigenvalue weighted by molar-refractivity contribution is -0.111. The summed E-state index contributed by atoms with van der Waals surface area (Å²) in [5.41, 5.74) is 2.66. The van der Waals surface area contributed by atoms with Crippen molar-refractivity contribution in [2.24, 2.45) is 0 Å². The van der Waals surface area contributed by atoms with Gasteiger partial charge in [-0.15, -0.1) is 0 Å². The zero-order valence-corrected chi connectivity index (χ0v) is 25.7. The van der Waals surface area contributed by atoms with Gasteiger partial charge in [-0.1, -0.05) is 29.8 Å². The number of hydrogen-bond acceptors (Lipinski definition) is 7. The van der Waals surface area contributed by atoms with E-state index in [1.807, 2.05) is 17.9 Å². The van der Waals surface area contributed by atoms with Crippen LogP contribution < -0.4 is 20.3 Å². The molecule has 1 amide bonds. The van der Waals surface area contributed by atoms with Crippen molar-refractivity contribution in [2.75, 3.05) is 48.0 Å². The number of halogens is 3. The number of nitrogens with zero attached hydrogens (tertiary/aromatic N) is 3. The Morgan fingerprint density at radius 2 is 1.84 bits per heavy atom. The van der Waals surface area contributed by atoms with Crippen LogP contribution in [-0.2, 0) is 14.8 Å². The van der Waals surface area contributed by atoms with Gasteiger partial charge in [-0.25, -0.2) is 12.8 Å². The second-order valence-electron chi connectivity index (χ2n) is 10.0. The summed E-state index contributed by atoms with van der Waals surface area (Å²) in [6.45, 7) is 6.60. The van der Waals surface area contributed by atoms with Gasteiger partial charge in [0.2, 0.25) is 15.9 Å². The maximum Gasteiger partial charge on any atom is 0.247 e. The molecule has 10 nitrogen and oxygen atoms in total. The van der Waals surface area contributed by atoms with Crippen LogP contribution in [0.2, 0.25) is 10.0 Å². The number of benzene rings is 2. The summed E-state index contributed by atoms with van der Waals surface area (Å²) in [5.74, 6) is -0.603. The third-order valence-corrected chi connectivity index (χ3v) is 9.02. The predicted octanol–water partition coefficient (Wildman–Crippen LogP) is 6.10. The van der Waals surface area contributed by atoms with Crippen LogP contribution in [0.4, 0.5) is 27.1 Å². The van der Waals surface area contributed by atoms with Gasteiger partial charge in [-0.2, -0.15) is 4.31 Å². The lowest BCUT2D eigenvalue weighted by atomic mass is 10.1. The van der Waals surface area contributed by atoms with Gasteiger partial charge < -0.3 is 25.3 Å². The Labute approximate surface area is 258 Å². The minimum absolute atomic E-state index is 0.0460. The van der Waals surface area contributed by atoms with E-state index in [1.165, 1.54) is 22.8 Å². The third-order valence-electron chi connectivity index (χ3n) is 7.11. The van der Waals surface area contributed by atoms with Crippen LogP contribution in [-0.4, -0.2) is 61.0 Å². The van der Waals surface area contributed by atoms with E-state index in [0.29, 0.717) is 51.2 Å². The maximum atomic E-state index is 15.8. The average Bonchev–Trinajstić information content (AvgIpc) is 3.36. The van der Waals surface area contributed by atoms with Crippen molar-refractivity contribution in [1.29, 1.82) is 0 Å². The van der Waals surface area contributed by atoms with Crippen LogP contribution in [0.15, 0.2) is 61.6 Å². The summed E-state index contributed by atoms with van der Waals surface area (Å²) in [4.78, 5) is 21.3. The number of ether oxygens (including phenoxy) is 1. The molecule has 1 saturated heterocycles. The number of carbonyl (C=O) groups excluding carboxylic acids is 1. The average molecular weight is 648 g/mol. The van der Waals surface area contributed by atoms with E-state index < -0.39 is 27.9 Å². The number of rotatable bonds is 9. The highest BCUT2D eigenvalue weighted by atomic mass is 35.5. The second-order valence-corrected chi connectivity index (χ2v) is 12.8. The minimum atomic E-state index is -3.32. The van der Waals surface area contributed by atoms with Gasteiger partial charge in [-0.05, 0) is 43.3 Å². The molecule has 1 atom stereocenters. The molecule has 0 saturated carbocycles. The molecule has 0 aliphatic carbocycles. The number of amides is 1. The Bertz CT molecular complexity index is 1790. The molecule has 14 heteroatoms. The summed E-state index contributed by atoms with van der Waals surface area (Å²) in [7, 11) is -3.32. The molecule has 0 unspecified atom stereocenters. The lowest BCUT2D eigenvalue weighted by Gasteiger charge is -2.35. The van der Waals surface area contributed by atoms with E-state index in [4.69, 9.17) is 27.9 Å². The van der Waals surface area contributed by atoms with Gasteiger partial charge in [0.05, 0.1) is 33.4 Å². The first kappa shape index (κ1) is 30.6. The Hall–Kier alpha value is -3.84. The molecule has 2 aromatic heterocycles. The molecule has 1 aliphatic rings. The quantitative estimate of drug-likeness (QED) is 0.188. The molecule has 3 heterocycles. The predicted molar refractivity (Wildman–Crippen MR) is 169 cm³/mol. The van der Waals surface area contributed by atoms with Gasteiger partial charge in [0.25, 0.3) is 0 Å². The molecule has 1 fully saturated rings. The Morgan fingerprint density at radius 3 is 2.49 bits per heavy atom. The Morgan fingerprint density at radius 1 is 1.14 bits per heavy atom. The number of H-pyrrole nitrogens is 1. The molecule has 43 heavy (non-hydrogen) atoms. The van der Waals surface area contributed by atoms with Crippen LogP contribution in [0.3, 0.4) is 0 Å². The molecule has 0 radical (unpaired) electrons. The van der Waals surface area contributed by atoms with Crippen molar-refractivity contribution in [1.82, 2.24) is 14.3 Å². The molecule has 5 rings (SSSR count). The first-order valence-corrected chi connectivity index (χ1v) is 15.9. The van der Waals surface area contributed by atoms with Gasteiger partial charge in [0.1, 0.15) is 11.9 Å². The highest BCUT2D eigenvalue weighted by molar-refractivity contribution is 7.88. The van der Waals surface area contributed by atoms with Crippen molar-refractivity contribution >= 4 is 72.8 Å². The zero-order chi connectivity index (χ0) is 30.9. The van der Waals surface area contributed by atoms with E-state index in [9.17, 15) is 13.2 Å². The van der Waals surface area contributed by atoms with Gasteiger partial charge in [0.15, 0.2) is 5.82 Å². The van der Waals surface area contributed by atoms with Crippen LogP contribution in [0, 0.1) is 5.82 Å². The third kappa shape index (κ3) is 6.72. The van der Waals surface area contributed by atoms with E-state index >= 15 is 4.39 Å². The van der Waals surface area contributed by atoms with E-state index in [1.54, 1.807) is 24.4 Å².